The van der Waals surface area contributed by atoms with Gasteiger partial charge in [-0.25, -0.2) is 0 Å². The van der Waals surface area contributed by atoms with Gasteiger partial charge in [0.15, 0.2) is 11.5 Å². The van der Waals surface area contributed by atoms with Gasteiger partial charge in [0.1, 0.15) is 0 Å². The van der Waals surface area contributed by atoms with Crippen molar-refractivity contribution < 1.29 is 19.1 Å². The predicted molar refractivity (Wildman–Crippen MR) is 103 cm³/mol. The summed E-state index contributed by atoms with van der Waals surface area (Å²) < 4.78 is 11.1. The Morgan fingerprint density at radius 2 is 1.54 bits per heavy atom. The van der Waals surface area contributed by atoms with Gasteiger partial charge in [-0.15, -0.1) is 0 Å². The van der Waals surface area contributed by atoms with E-state index in [0.717, 1.165) is 21.8 Å². The van der Waals surface area contributed by atoms with Crippen LogP contribution in [0.1, 0.15) is 11.1 Å². The summed E-state index contributed by atoms with van der Waals surface area (Å²) >= 11 is 0. The number of fused-ring (bicyclic) bond motifs is 4. The number of nitrogens with one attached hydrogen (secondary N) is 3. The first-order valence-electron chi connectivity index (χ1n) is 8.79. The van der Waals surface area contributed by atoms with Crippen molar-refractivity contribution in [1.29, 1.82) is 0 Å². The van der Waals surface area contributed by atoms with Gasteiger partial charge in [-0.05, 0) is 18.2 Å². The number of hydrogen-bond donors (Lipinski definition) is 3. The zero-order valence-corrected chi connectivity index (χ0v) is 14.5. The van der Waals surface area contributed by atoms with Crippen molar-refractivity contribution in [2.24, 2.45) is 0 Å². The SMILES string of the molecule is O=C1NC(=O)C(c2c[nH]c3ccc4c(c23)OCO4)=C1c1c[nH]c2ccccc12. The summed E-state index contributed by atoms with van der Waals surface area (Å²) in [5, 5.41) is 4.05. The van der Waals surface area contributed by atoms with Gasteiger partial charge in [0.05, 0.1) is 22.0 Å². The number of amides is 2. The van der Waals surface area contributed by atoms with Crippen LogP contribution in [0.5, 0.6) is 11.5 Å². The number of benzene rings is 2. The topological polar surface area (TPSA) is 96.2 Å². The molecule has 2 amide bonds. The Morgan fingerprint density at radius 1 is 0.786 bits per heavy atom. The van der Waals surface area contributed by atoms with E-state index >= 15 is 0 Å². The summed E-state index contributed by atoms with van der Waals surface area (Å²) in [6.45, 7) is 0.124. The normalized spacial score (nSPS) is 15.9. The molecule has 0 saturated carbocycles. The first kappa shape index (κ1) is 15.1. The summed E-state index contributed by atoms with van der Waals surface area (Å²) in [7, 11) is 0. The first-order chi connectivity index (χ1) is 13.7. The van der Waals surface area contributed by atoms with Crippen molar-refractivity contribution in [2.75, 3.05) is 6.79 Å². The van der Waals surface area contributed by atoms with Crippen molar-refractivity contribution in [1.82, 2.24) is 15.3 Å². The molecule has 2 aromatic carbocycles. The fourth-order valence-corrected chi connectivity index (χ4v) is 4.03. The Kier molecular flexibility index (Phi) is 2.84. The summed E-state index contributed by atoms with van der Waals surface area (Å²) in [4.78, 5) is 31.8. The van der Waals surface area contributed by atoms with Crippen LogP contribution in [0.3, 0.4) is 0 Å². The highest BCUT2D eigenvalue weighted by Gasteiger charge is 2.35. The molecule has 0 fully saturated rings. The summed E-state index contributed by atoms with van der Waals surface area (Å²) in [5.41, 5.74) is 3.67. The van der Waals surface area contributed by atoms with Crippen LogP contribution in [0, 0.1) is 0 Å². The largest absolute Gasteiger partial charge is 0.454 e. The molecule has 7 heteroatoms. The van der Waals surface area contributed by atoms with Gasteiger partial charge in [0, 0.05) is 34.4 Å². The highest BCUT2D eigenvalue weighted by molar-refractivity contribution is 6.51. The molecule has 28 heavy (non-hydrogen) atoms. The Morgan fingerprint density at radius 3 is 2.43 bits per heavy atom. The minimum atomic E-state index is -0.428. The molecule has 0 radical (unpaired) electrons. The zero-order valence-electron chi connectivity index (χ0n) is 14.5. The lowest BCUT2D eigenvalue weighted by Gasteiger charge is -2.05. The first-order valence-corrected chi connectivity index (χ1v) is 8.79. The lowest BCUT2D eigenvalue weighted by atomic mass is 9.95. The predicted octanol–water partition coefficient (Wildman–Crippen LogP) is 2.95. The molecule has 2 aliphatic rings. The molecule has 0 spiro atoms. The number of imide groups is 1. The van der Waals surface area contributed by atoms with Gasteiger partial charge < -0.3 is 19.4 Å². The van der Waals surface area contributed by atoms with E-state index in [2.05, 4.69) is 15.3 Å². The van der Waals surface area contributed by atoms with Crippen molar-refractivity contribution in [2.45, 2.75) is 0 Å². The minimum absolute atomic E-state index is 0.124. The fourth-order valence-electron chi connectivity index (χ4n) is 4.03. The van der Waals surface area contributed by atoms with Gasteiger partial charge in [-0.3, -0.25) is 14.9 Å². The average Bonchev–Trinajstić information content (AvgIpc) is 3.45. The second-order valence-corrected chi connectivity index (χ2v) is 6.71. The van der Waals surface area contributed by atoms with Gasteiger partial charge in [0.2, 0.25) is 6.79 Å². The number of para-hydroxylation sites is 1. The van der Waals surface area contributed by atoms with E-state index in [4.69, 9.17) is 9.47 Å². The lowest BCUT2D eigenvalue weighted by molar-refractivity contribution is -0.122. The number of ether oxygens (including phenoxy) is 2. The number of carbonyl (C=O) groups is 2. The smallest absolute Gasteiger partial charge is 0.259 e. The quantitative estimate of drug-likeness (QED) is 0.472. The second kappa shape index (κ2) is 5.26. The van der Waals surface area contributed by atoms with Gasteiger partial charge in [-0.2, -0.15) is 0 Å². The maximum Gasteiger partial charge on any atom is 0.259 e. The van der Waals surface area contributed by atoms with Gasteiger partial charge in [0.25, 0.3) is 11.8 Å². The van der Waals surface area contributed by atoms with Crippen molar-refractivity contribution in [3.63, 3.8) is 0 Å². The number of hydrogen-bond acceptors (Lipinski definition) is 4. The summed E-state index contributed by atoms with van der Waals surface area (Å²) in [6.07, 6.45) is 3.49. The fraction of sp³-hybridized carbons (Fsp3) is 0.0476. The minimum Gasteiger partial charge on any atom is -0.454 e. The number of aromatic nitrogens is 2. The Balaban J connectivity index is 1.69. The Bertz CT molecular complexity index is 1360. The third kappa shape index (κ3) is 1.87. The van der Waals surface area contributed by atoms with Crippen molar-refractivity contribution in [3.05, 3.63) is 59.9 Å². The molecule has 2 aliphatic heterocycles. The van der Waals surface area contributed by atoms with Gasteiger partial charge >= 0.3 is 0 Å². The zero-order chi connectivity index (χ0) is 18.8. The number of aromatic amines is 2. The average molecular weight is 371 g/mol. The number of rotatable bonds is 2. The summed E-state index contributed by atoms with van der Waals surface area (Å²) in [6, 6.07) is 11.4. The molecule has 3 N–H and O–H groups in total. The molecular formula is C21H13N3O4. The molecule has 4 heterocycles. The van der Waals surface area contributed by atoms with E-state index in [-0.39, 0.29) is 6.79 Å². The van der Waals surface area contributed by atoms with E-state index in [1.165, 1.54) is 0 Å². The molecular weight excluding hydrogens is 358 g/mol. The lowest BCUT2D eigenvalue weighted by Crippen LogP contribution is -2.22. The molecule has 6 rings (SSSR count). The highest BCUT2D eigenvalue weighted by atomic mass is 16.7. The maximum atomic E-state index is 12.8. The van der Waals surface area contributed by atoms with Crippen LogP contribution >= 0.6 is 0 Å². The van der Waals surface area contributed by atoms with Gasteiger partial charge in [-0.1, -0.05) is 18.2 Å². The molecule has 0 aliphatic carbocycles. The Hall–Kier alpha value is -4.00. The van der Waals surface area contributed by atoms with Crippen LogP contribution in [-0.4, -0.2) is 28.6 Å². The number of carbonyl (C=O) groups excluding carboxylic acids is 2. The molecule has 4 aromatic rings. The highest BCUT2D eigenvalue weighted by Crippen LogP contribution is 2.45. The van der Waals surface area contributed by atoms with Crippen LogP contribution in [0.4, 0.5) is 0 Å². The molecule has 0 unspecified atom stereocenters. The second-order valence-electron chi connectivity index (χ2n) is 6.71. The van der Waals surface area contributed by atoms with E-state index in [0.29, 0.717) is 33.8 Å². The van der Waals surface area contributed by atoms with E-state index < -0.39 is 11.8 Å². The molecule has 2 aromatic heterocycles. The molecule has 0 bridgehead atoms. The molecule has 0 atom stereocenters. The van der Waals surface area contributed by atoms with Crippen LogP contribution in [-0.2, 0) is 9.59 Å². The summed E-state index contributed by atoms with van der Waals surface area (Å²) in [5.74, 6) is 0.352. The van der Waals surface area contributed by atoms with E-state index in [9.17, 15) is 9.59 Å². The third-order valence-electron chi connectivity index (χ3n) is 5.24. The van der Waals surface area contributed by atoms with E-state index in [1.807, 2.05) is 36.4 Å². The standard InChI is InChI=1S/C21H13N3O4/c25-20-17(11-7-22-13-4-2-1-3-10(11)13)18(21(26)24-20)12-8-23-14-5-6-15-19(16(12)14)28-9-27-15/h1-8,22-23H,9H2,(H,24,25,26). The monoisotopic (exact) mass is 371 g/mol. The Labute approximate surface area is 157 Å². The van der Waals surface area contributed by atoms with Crippen LogP contribution in [0.15, 0.2) is 48.8 Å². The van der Waals surface area contributed by atoms with E-state index in [1.54, 1.807) is 12.4 Å². The third-order valence-corrected chi connectivity index (χ3v) is 5.24. The molecule has 7 nitrogen and oxygen atoms in total. The van der Waals surface area contributed by atoms with Crippen LogP contribution < -0.4 is 14.8 Å². The number of H-pyrrole nitrogens is 2. The molecule has 136 valence electrons. The van der Waals surface area contributed by atoms with Crippen molar-refractivity contribution >= 4 is 44.8 Å². The van der Waals surface area contributed by atoms with Crippen molar-refractivity contribution in [3.8, 4) is 11.5 Å². The van der Waals surface area contributed by atoms with Crippen LogP contribution in [0.25, 0.3) is 33.0 Å². The van der Waals surface area contributed by atoms with Crippen LogP contribution in [0.2, 0.25) is 0 Å². The maximum absolute atomic E-state index is 12.8. The molecule has 0 saturated heterocycles.